The van der Waals surface area contributed by atoms with Gasteiger partial charge in [-0.2, -0.15) is 0 Å². The summed E-state index contributed by atoms with van der Waals surface area (Å²) in [6, 6.07) is 0.202. The largest absolute Gasteiger partial charge is 0.356 e. The summed E-state index contributed by atoms with van der Waals surface area (Å²) in [6.45, 7) is 3.72. The highest BCUT2D eigenvalue weighted by Gasteiger charge is 2.25. The van der Waals surface area contributed by atoms with Crippen LogP contribution in [0.25, 0.3) is 0 Å². The number of carbonyl (C=O) groups excluding carboxylic acids is 1. The van der Waals surface area contributed by atoms with Gasteiger partial charge in [-0.3, -0.25) is 4.79 Å². The molecule has 0 aromatic carbocycles. The van der Waals surface area contributed by atoms with Gasteiger partial charge >= 0.3 is 0 Å². The Balaban J connectivity index is 0.00000200. The van der Waals surface area contributed by atoms with E-state index in [2.05, 4.69) is 17.2 Å². The van der Waals surface area contributed by atoms with E-state index in [1.54, 1.807) is 12.5 Å². The summed E-state index contributed by atoms with van der Waals surface area (Å²) < 4.78 is 2.04. The number of hydrogen-bond donors (Lipinski definition) is 2. The lowest BCUT2D eigenvalue weighted by Gasteiger charge is -2.26. The lowest BCUT2D eigenvalue weighted by atomic mass is 9.85. The zero-order valence-electron chi connectivity index (χ0n) is 12.4. The van der Waals surface area contributed by atoms with Crippen LogP contribution in [0.2, 0.25) is 0 Å². The number of carbonyl (C=O) groups is 1. The van der Waals surface area contributed by atoms with Crippen LogP contribution in [0.15, 0.2) is 18.7 Å². The highest BCUT2D eigenvalue weighted by atomic mass is 35.5. The first kappa shape index (κ1) is 20.2. The molecule has 1 aromatic rings. The molecule has 1 aliphatic carbocycles. The molecule has 0 saturated heterocycles. The van der Waals surface area contributed by atoms with Crippen molar-refractivity contribution < 1.29 is 4.79 Å². The summed E-state index contributed by atoms with van der Waals surface area (Å²) in [7, 11) is 0. The average Bonchev–Trinajstić information content (AvgIpc) is 2.88. The molecule has 1 heterocycles. The second-order valence-corrected chi connectivity index (χ2v) is 5.73. The van der Waals surface area contributed by atoms with Crippen LogP contribution in [0.1, 0.15) is 32.6 Å². The summed E-state index contributed by atoms with van der Waals surface area (Å²) >= 11 is 0. The first-order chi connectivity index (χ1) is 9.15. The molecule has 122 valence electrons. The summed E-state index contributed by atoms with van der Waals surface area (Å²) in [5.41, 5.74) is 5.92. The van der Waals surface area contributed by atoms with E-state index < -0.39 is 0 Å². The number of nitrogens with zero attached hydrogens (tertiary/aromatic N) is 2. The summed E-state index contributed by atoms with van der Waals surface area (Å²) in [4.78, 5) is 16.1. The Kier molecular flexibility index (Phi) is 9.66. The molecular weight excluding hydrogens is 311 g/mol. The number of nitrogens with two attached hydrogens (primary N) is 1. The van der Waals surface area contributed by atoms with Gasteiger partial charge < -0.3 is 15.6 Å². The van der Waals surface area contributed by atoms with Crippen molar-refractivity contribution in [3.8, 4) is 0 Å². The Morgan fingerprint density at radius 3 is 2.86 bits per heavy atom. The van der Waals surface area contributed by atoms with E-state index in [9.17, 15) is 4.79 Å². The normalized spacial score (nSPS) is 22.6. The predicted molar refractivity (Wildman–Crippen MR) is 88.8 cm³/mol. The van der Waals surface area contributed by atoms with Crippen LogP contribution in [-0.2, 0) is 11.3 Å². The zero-order chi connectivity index (χ0) is 13.7. The van der Waals surface area contributed by atoms with Crippen LogP contribution in [0.4, 0.5) is 0 Å². The summed E-state index contributed by atoms with van der Waals surface area (Å²) in [5, 5.41) is 3.06. The van der Waals surface area contributed by atoms with Crippen molar-refractivity contribution in [2.24, 2.45) is 17.6 Å². The summed E-state index contributed by atoms with van der Waals surface area (Å²) in [6.07, 6.45) is 9.47. The van der Waals surface area contributed by atoms with E-state index in [0.29, 0.717) is 12.5 Å². The maximum absolute atomic E-state index is 12.1. The van der Waals surface area contributed by atoms with Crippen molar-refractivity contribution in [2.45, 2.75) is 45.2 Å². The quantitative estimate of drug-likeness (QED) is 0.863. The lowest BCUT2D eigenvalue weighted by molar-refractivity contribution is -0.126. The second kappa shape index (κ2) is 10.0. The van der Waals surface area contributed by atoms with Crippen molar-refractivity contribution in [1.29, 1.82) is 0 Å². The molecule has 1 aromatic heterocycles. The number of halogens is 2. The number of amides is 1. The third-order valence-electron chi connectivity index (χ3n) is 3.79. The van der Waals surface area contributed by atoms with Gasteiger partial charge in [0.2, 0.25) is 5.91 Å². The van der Waals surface area contributed by atoms with E-state index in [-0.39, 0.29) is 42.7 Å². The van der Waals surface area contributed by atoms with Crippen LogP contribution in [0.3, 0.4) is 0 Å². The van der Waals surface area contributed by atoms with Crippen LogP contribution in [-0.4, -0.2) is 28.0 Å². The minimum absolute atomic E-state index is 0. The van der Waals surface area contributed by atoms with Gasteiger partial charge in [0.25, 0.3) is 0 Å². The molecule has 0 spiro atoms. The molecule has 1 saturated carbocycles. The number of aromatic nitrogens is 2. The average molecular weight is 337 g/mol. The number of imidazole rings is 1. The molecule has 0 bridgehead atoms. The van der Waals surface area contributed by atoms with E-state index in [1.807, 2.05) is 10.8 Å². The number of nitrogens with one attached hydrogen (secondary N) is 1. The Hall–Kier alpha value is -0.780. The second-order valence-electron chi connectivity index (χ2n) is 5.73. The molecule has 3 N–H and O–H groups in total. The minimum Gasteiger partial charge on any atom is -0.356 e. The Bertz CT molecular complexity index is 400. The molecule has 1 aliphatic rings. The van der Waals surface area contributed by atoms with Gasteiger partial charge in [0, 0.05) is 37.4 Å². The Labute approximate surface area is 138 Å². The Morgan fingerprint density at radius 2 is 2.24 bits per heavy atom. The maximum atomic E-state index is 12.1. The molecule has 0 radical (unpaired) electrons. The van der Waals surface area contributed by atoms with Crippen molar-refractivity contribution >= 4 is 30.7 Å². The van der Waals surface area contributed by atoms with Crippen molar-refractivity contribution in [3.63, 3.8) is 0 Å². The fraction of sp³-hybridized carbons (Fsp3) is 0.714. The zero-order valence-corrected chi connectivity index (χ0v) is 14.0. The first-order valence-corrected chi connectivity index (χ1v) is 7.14. The standard InChI is InChI=1S/C14H24N4O.2ClH/c1-11(9-18-6-5-16-10-18)8-17-14(19)12-3-2-4-13(15)7-12;;/h5-6,10-13H,2-4,7-9,15H2,1H3,(H,17,19);2*1H. The van der Waals surface area contributed by atoms with Crippen molar-refractivity contribution in [3.05, 3.63) is 18.7 Å². The smallest absolute Gasteiger partial charge is 0.223 e. The van der Waals surface area contributed by atoms with Gasteiger partial charge in [-0.25, -0.2) is 4.98 Å². The molecule has 1 amide bonds. The van der Waals surface area contributed by atoms with Crippen LogP contribution in [0, 0.1) is 11.8 Å². The molecular formula is C14H26Cl2N4O. The van der Waals surface area contributed by atoms with E-state index in [0.717, 1.165) is 32.2 Å². The van der Waals surface area contributed by atoms with Gasteiger partial charge in [0.15, 0.2) is 0 Å². The van der Waals surface area contributed by atoms with Gasteiger partial charge in [-0.15, -0.1) is 24.8 Å². The lowest BCUT2D eigenvalue weighted by Crippen LogP contribution is -2.39. The van der Waals surface area contributed by atoms with Crippen molar-refractivity contribution in [1.82, 2.24) is 14.9 Å². The van der Waals surface area contributed by atoms with Crippen LogP contribution < -0.4 is 11.1 Å². The third kappa shape index (κ3) is 6.68. The first-order valence-electron chi connectivity index (χ1n) is 7.14. The molecule has 2 rings (SSSR count). The molecule has 5 nitrogen and oxygen atoms in total. The van der Waals surface area contributed by atoms with Gasteiger partial charge in [0.05, 0.1) is 6.33 Å². The SMILES string of the molecule is CC(CNC(=O)C1CCCC(N)C1)Cn1ccnc1.Cl.Cl. The Morgan fingerprint density at radius 1 is 1.48 bits per heavy atom. The topological polar surface area (TPSA) is 72.9 Å². The minimum atomic E-state index is 0. The molecule has 1 fully saturated rings. The predicted octanol–water partition coefficient (Wildman–Crippen LogP) is 2.00. The van der Waals surface area contributed by atoms with E-state index in [1.165, 1.54) is 0 Å². The van der Waals surface area contributed by atoms with Gasteiger partial charge in [-0.1, -0.05) is 13.3 Å². The van der Waals surface area contributed by atoms with E-state index in [4.69, 9.17) is 5.73 Å². The third-order valence-corrected chi connectivity index (χ3v) is 3.79. The van der Waals surface area contributed by atoms with Crippen LogP contribution in [0.5, 0.6) is 0 Å². The van der Waals surface area contributed by atoms with Crippen molar-refractivity contribution in [2.75, 3.05) is 6.54 Å². The fourth-order valence-corrected chi connectivity index (χ4v) is 2.70. The number of hydrogen-bond acceptors (Lipinski definition) is 3. The monoisotopic (exact) mass is 336 g/mol. The molecule has 7 heteroatoms. The molecule has 3 unspecified atom stereocenters. The molecule has 0 aliphatic heterocycles. The van der Waals surface area contributed by atoms with E-state index >= 15 is 0 Å². The van der Waals surface area contributed by atoms with Gasteiger partial charge in [0.1, 0.15) is 0 Å². The molecule has 21 heavy (non-hydrogen) atoms. The molecule has 3 atom stereocenters. The highest BCUT2D eigenvalue weighted by Crippen LogP contribution is 2.23. The maximum Gasteiger partial charge on any atom is 0.223 e. The highest BCUT2D eigenvalue weighted by molar-refractivity contribution is 5.85. The van der Waals surface area contributed by atoms with Gasteiger partial charge in [-0.05, 0) is 25.2 Å². The fourth-order valence-electron chi connectivity index (χ4n) is 2.70. The summed E-state index contributed by atoms with van der Waals surface area (Å²) in [5.74, 6) is 0.687. The number of rotatable bonds is 5. The van der Waals surface area contributed by atoms with Crippen LogP contribution >= 0.6 is 24.8 Å².